The molecule has 0 saturated heterocycles. The molecular formula is C17H17ClN4O. The van der Waals surface area contributed by atoms with Gasteiger partial charge in [0.2, 0.25) is 0 Å². The lowest BCUT2D eigenvalue weighted by Crippen LogP contribution is -2.26. The van der Waals surface area contributed by atoms with E-state index in [1.165, 1.54) is 0 Å². The molecule has 0 spiro atoms. The molecule has 2 aromatic carbocycles. The first-order chi connectivity index (χ1) is 11.1. The van der Waals surface area contributed by atoms with Crippen molar-refractivity contribution < 1.29 is 4.79 Å². The summed E-state index contributed by atoms with van der Waals surface area (Å²) in [6, 6.07) is 12.8. The number of aromatic nitrogens is 3. The molecule has 0 aliphatic carbocycles. The molecular weight excluding hydrogens is 312 g/mol. The monoisotopic (exact) mass is 328 g/mol. The SMILES string of the molecule is CCn1nnc2cc(C(=O)NC(C)c3ccc(Cl)cc3)ccc21. The zero-order valence-electron chi connectivity index (χ0n) is 13.0. The maximum atomic E-state index is 12.4. The molecule has 0 aliphatic heterocycles. The van der Waals surface area contributed by atoms with Gasteiger partial charge in [-0.2, -0.15) is 0 Å². The second-order valence-corrected chi connectivity index (χ2v) is 5.79. The van der Waals surface area contributed by atoms with Gasteiger partial charge in [0.15, 0.2) is 0 Å². The van der Waals surface area contributed by atoms with Crippen molar-refractivity contribution >= 4 is 28.5 Å². The summed E-state index contributed by atoms with van der Waals surface area (Å²) in [6.07, 6.45) is 0. The van der Waals surface area contributed by atoms with Gasteiger partial charge in [0.25, 0.3) is 5.91 Å². The Morgan fingerprint density at radius 1 is 1.26 bits per heavy atom. The number of hydrogen-bond acceptors (Lipinski definition) is 3. The topological polar surface area (TPSA) is 59.8 Å². The molecule has 3 rings (SSSR count). The molecule has 1 amide bonds. The van der Waals surface area contributed by atoms with Gasteiger partial charge in [-0.3, -0.25) is 4.79 Å². The fourth-order valence-corrected chi connectivity index (χ4v) is 2.59. The number of carbonyl (C=O) groups is 1. The second-order valence-electron chi connectivity index (χ2n) is 5.36. The van der Waals surface area contributed by atoms with Gasteiger partial charge in [0, 0.05) is 17.1 Å². The lowest BCUT2D eigenvalue weighted by atomic mass is 10.1. The van der Waals surface area contributed by atoms with Crippen LogP contribution < -0.4 is 5.32 Å². The van der Waals surface area contributed by atoms with Gasteiger partial charge in [0.05, 0.1) is 11.6 Å². The van der Waals surface area contributed by atoms with Crippen molar-refractivity contribution in [2.24, 2.45) is 0 Å². The molecule has 23 heavy (non-hydrogen) atoms. The number of nitrogens with zero attached hydrogens (tertiary/aromatic N) is 3. The van der Waals surface area contributed by atoms with Gasteiger partial charge in [0.1, 0.15) is 5.52 Å². The van der Waals surface area contributed by atoms with Crippen LogP contribution >= 0.6 is 11.6 Å². The third kappa shape index (κ3) is 3.19. The van der Waals surface area contributed by atoms with E-state index < -0.39 is 0 Å². The Morgan fingerprint density at radius 3 is 2.70 bits per heavy atom. The van der Waals surface area contributed by atoms with Crippen LogP contribution in [0.25, 0.3) is 11.0 Å². The van der Waals surface area contributed by atoms with E-state index >= 15 is 0 Å². The number of hydrogen-bond donors (Lipinski definition) is 1. The molecule has 1 heterocycles. The van der Waals surface area contributed by atoms with E-state index in [0.717, 1.165) is 23.1 Å². The smallest absolute Gasteiger partial charge is 0.251 e. The van der Waals surface area contributed by atoms with Gasteiger partial charge in [-0.05, 0) is 49.7 Å². The summed E-state index contributed by atoms with van der Waals surface area (Å²) in [5.74, 6) is -0.139. The van der Waals surface area contributed by atoms with Crippen LogP contribution in [0.15, 0.2) is 42.5 Å². The molecule has 0 saturated carbocycles. The Bertz CT molecular complexity index is 841. The third-order valence-electron chi connectivity index (χ3n) is 3.79. The van der Waals surface area contributed by atoms with Gasteiger partial charge >= 0.3 is 0 Å². The summed E-state index contributed by atoms with van der Waals surface area (Å²) in [5.41, 5.74) is 3.22. The number of nitrogens with one attached hydrogen (secondary N) is 1. The molecule has 1 unspecified atom stereocenters. The second kappa shape index (κ2) is 6.38. The van der Waals surface area contributed by atoms with Gasteiger partial charge in [-0.25, -0.2) is 4.68 Å². The van der Waals surface area contributed by atoms with Crippen molar-refractivity contribution in [2.45, 2.75) is 26.4 Å². The molecule has 0 bridgehead atoms. The number of carbonyl (C=O) groups excluding carboxylic acids is 1. The summed E-state index contributed by atoms with van der Waals surface area (Å²) in [7, 11) is 0. The quantitative estimate of drug-likeness (QED) is 0.796. The van der Waals surface area contributed by atoms with Crippen LogP contribution in [0.5, 0.6) is 0 Å². The number of rotatable bonds is 4. The van der Waals surface area contributed by atoms with Crippen molar-refractivity contribution in [3.63, 3.8) is 0 Å². The summed E-state index contributed by atoms with van der Waals surface area (Å²) in [4.78, 5) is 12.4. The molecule has 1 aromatic heterocycles. The predicted molar refractivity (Wildman–Crippen MR) is 90.5 cm³/mol. The largest absolute Gasteiger partial charge is 0.346 e. The molecule has 0 radical (unpaired) electrons. The Hall–Kier alpha value is -2.40. The Labute approximate surface area is 139 Å². The van der Waals surface area contributed by atoms with Gasteiger partial charge < -0.3 is 5.32 Å². The fourth-order valence-electron chi connectivity index (χ4n) is 2.46. The van der Waals surface area contributed by atoms with E-state index in [-0.39, 0.29) is 11.9 Å². The maximum absolute atomic E-state index is 12.4. The van der Waals surface area contributed by atoms with Crippen molar-refractivity contribution in [3.8, 4) is 0 Å². The number of halogens is 1. The van der Waals surface area contributed by atoms with E-state index in [1.807, 2.05) is 44.2 Å². The molecule has 0 fully saturated rings. The molecule has 3 aromatic rings. The minimum absolute atomic E-state index is 0.109. The first kappa shape index (κ1) is 15.5. The Kier molecular flexibility index (Phi) is 4.30. The van der Waals surface area contributed by atoms with Crippen molar-refractivity contribution in [2.75, 3.05) is 0 Å². The lowest BCUT2D eigenvalue weighted by molar-refractivity contribution is 0.0940. The minimum Gasteiger partial charge on any atom is -0.346 e. The number of amides is 1. The number of benzene rings is 2. The molecule has 6 heteroatoms. The van der Waals surface area contributed by atoms with E-state index in [1.54, 1.807) is 16.8 Å². The maximum Gasteiger partial charge on any atom is 0.251 e. The highest BCUT2D eigenvalue weighted by atomic mass is 35.5. The van der Waals surface area contributed by atoms with E-state index in [4.69, 9.17) is 11.6 Å². The highest BCUT2D eigenvalue weighted by molar-refractivity contribution is 6.30. The van der Waals surface area contributed by atoms with Crippen LogP contribution in [-0.4, -0.2) is 20.9 Å². The molecule has 0 aliphatic rings. The van der Waals surface area contributed by atoms with Crippen LogP contribution in [0.1, 0.15) is 35.8 Å². The highest BCUT2D eigenvalue weighted by Crippen LogP contribution is 2.18. The van der Waals surface area contributed by atoms with Crippen LogP contribution in [0.4, 0.5) is 0 Å². The van der Waals surface area contributed by atoms with Crippen LogP contribution in [0, 0.1) is 0 Å². The molecule has 1 atom stereocenters. The fraction of sp³-hybridized carbons (Fsp3) is 0.235. The standard InChI is InChI=1S/C17H17ClN4O/c1-3-22-16-9-6-13(10-15(16)20-21-22)17(23)19-11(2)12-4-7-14(18)8-5-12/h4-11H,3H2,1-2H3,(H,19,23). The number of fused-ring (bicyclic) bond motifs is 1. The molecule has 1 N–H and O–H groups in total. The van der Waals surface area contributed by atoms with Gasteiger partial charge in [-0.1, -0.05) is 28.9 Å². The Balaban J connectivity index is 1.78. The van der Waals surface area contributed by atoms with E-state index in [2.05, 4.69) is 15.6 Å². The third-order valence-corrected chi connectivity index (χ3v) is 4.05. The van der Waals surface area contributed by atoms with Crippen LogP contribution in [0.2, 0.25) is 5.02 Å². The normalized spacial score (nSPS) is 12.3. The van der Waals surface area contributed by atoms with E-state index in [0.29, 0.717) is 10.6 Å². The zero-order valence-corrected chi connectivity index (χ0v) is 13.7. The predicted octanol–water partition coefficient (Wildman–Crippen LogP) is 3.60. The molecule has 118 valence electrons. The van der Waals surface area contributed by atoms with Gasteiger partial charge in [-0.15, -0.1) is 5.10 Å². The summed E-state index contributed by atoms with van der Waals surface area (Å²) < 4.78 is 1.80. The first-order valence-electron chi connectivity index (χ1n) is 7.48. The average molecular weight is 329 g/mol. The summed E-state index contributed by atoms with van der Waals surface area (Å²) in [6.45, 7) is 4.69. The summed E-state index contributed by atoms with van der Waals surface area (Å²) >= 11 is 5.89. The first-order valence-corrected chi connectivity index (χ1v) is 7.86. The summed E-state index contributed by atoms with van der Waals surface area (Å²) in [5, 5.41) is 11.8. The lowest BCUT2D eigenvalue weighted by Gasteiger charge is -2.14. The highest BCUT2D eigenvalue weighted by Gasteiger charge is 2.13. The van der Waals surface area contributed by atoms with E-state index in [9.17, 15) is 4.79 Å². The molecule has 5 nitrogen and oxygen atoms in total. The van der Waals surface area contributed by atoms with Crippen molar-refractivity contribution in [3.05, 3.63) is 58.6 Å². The Morgan fingerprint density at radius 2 is 2.00 bits per heavy atom. The van der Waals surface area contributed by atoms with Crippen molar-refractivity contribution in [1.29, 1.82) is 0 Å². The van der Waals surface area contributed by atoms with Crippen molar-refractivity contribution in [1.82, 2.24) is 20.3 Å². The zero-order chi connectivity index (χ0) is 16.4. The minimum atomic E-state index is -0.139. The van der Waals surface area contributed by atoms with Crippen LogP contribution in [-0.2, 0) is 6.54 Å². The number of aryl methyl sites for hydroxylation is 1. The average Bonchev–Trinajstić information content (AvgIpc) is 2.97. The van der Waals surface area contributed by atoms with Crippen LogP contribution in [0.3, 0.4) is 0 Å².